The van der Waals surface area contributed by atoms with Gasteiger partial charge in [0.1, 0.15) is 25.9 Å². The maximum Gasteiger partial charge on any atom is 0.413 e. The van der Waals surface area contributed by atoms with Gasteiger partial charge in [-0.05, 0) is 37.4 Å². The van der Waals surface area contributed by atoms with Crippen LogP contribution >= 0.6 is 0 Å². The molecule has 1 heterocycles. The smallest absolute Gasteiger partial charge is 0.413 e. The number of carbonyl (C=O) groups is 1. The lowest BCUT2D eigenvalue weighted by Crippen LogP contribution is -2.49. The van der Waals surface area contributed by atoms with Crippen LogP contribution in [0.1, 0.15) is 83.1 Å². The quantitative estimate of drug-likeness (QED) is 0.410. The number of nitrogens with zero attached hydrogens (tertiary/aromatic N) is 1. The number of carbonyl (C=O) groups excluding carboxylic acids is 1. The second kappa shape index (κ2) is 8.79. The summed E-state index contributed by atoms with van der Waals surface area (Å²) in [5, 5.41) is 0. The van der Waals surface area contributed by atoms with Crippen molar-refractivity contribution in [3.05, 3.63) is 0 Å². The van der Waals surface area contributed by atoms with Crippen LogP contribution in [0.25, 0.3) is 0 Å². The Balaban J connectivity index is 3.35. The normalized spacial score (nSPS) is 21.3. The van der Waals surface area contributed by atoms with Gasteiger partial charge in [0.15, 0.2) is 0 Å². The maximum absolute atomic E-state index is 13.0. The largest absolute Gasteiger partial charge is 0.444 e. The van der Waals surface area contributed by atoms with Crippen molar-refractivity contribution in [3.8, 4) is 11.5 Å². The maximum atomic E-state index is 13.0. The SMILES string of the molecule is CC(C)[Si](C#C[C@H]1CO[C@H](C(C)(C)C)N1C(=O)OC(C)(C)C)(C(C)C)C(C)C. The van der Waals surface area contributed by atoms with Crippen molar-refractivity contribution in [2.45, 2.75) is 118 Å². The van der Waals surface area contributed by atoms with Crippen LogP contribution in [0.5, 0.6) is 0 Å². The summed E-state index contributed by atoms with van der Waals surface area (Å²) in [5.41, 5.74) is 4.65. The van der Waals surface area contributed by atoms with Crippen molar-refractivity contribution in [2.75, 3.05) is 6.61 Å². The van der Waals surface area contributed by atoms with Gasteiger partial charge in [0.25, 0.3) is 0 Å². The third kappa shape index (κ3) is 5.54. The standard InChI is InChI=1S/C23H43NO3Si/c1-16(2)28(17(3)4,18(5)6)14-13-19-15-26-20(22(7,8)9)24(19)21(25)27-23(10,11)12/h16-20H,15H2,1-12H3/t19-,20+/m0/s1. The molecule has 2 atom stereocenters. The van der Waals surface area contributed by atoms with Gasteiger partial charge in [-0.15, -0.1) is 5.54 Å². The second-order valence-corrected chi connectivity index (χ2v) is 16.7. The molecule has 1 rings (SSSR count). The zero-order valence-electron chi connectivity index (χ0n) is 20.3. The highest BCUT2D eigenvalue weighted by Gasteiger charge is 2.46. The molecule has 0 aromatic carbocycles. The van der Waals surface area contributed by atoms with Crippen LogP contribution in [0.15, 0.2) is 0 Å². The summed E-state index contributed by atoms with van der Waals surface area (Å²) < 4.78 is 11.8. The van der Waals surface area contributed by atoms with E-state index in [1.54, 1.807) is 4.90 Å². The molecule has 0 aromatic rings. The molecule has 0 saturated carbocycles. The lowest BCUT2D eigenvalue weighted by molar-refractivity contribution is -0.0568. The minimum Gasteiger partial charge on any atom is -0.444 e. The predicted molar refractivity (Wildman–Crippen MR) is 120 cm³/mol. The van der Waals surface area contributed by atoms with Gasteiger partial charge in [-0.2, -0.15) is 0 Å². The van der Waals surface area contributed by atoms with Gasteiger partial charge in [0.05, 0.1) is 6.61 Å². The molecule has 4 nitrogen and oxygen atoms in total. The van der Waals surface area contributed by atoms with E-state index in [0.29, 0.717) is 23.2 Å². The van der Waals surface area contributed by atoms with E-state index in [9.17, 15) is 4.79 Å². The van der Waals surface area contributed by atoms with Gasteiger partial charge in [-0.25, -0.2) is 4.79 Å². The van der Waals surface area contributed by atoms with Gasteiger partial charge < -0.3 is 9.47 Å². The van der Waals surface area contributed by atoms with E-state index in [1.165, 1.54) is 0 Å². The first-order valence-corrected chi connectivity index (χ1v) is 12.9. The molecular weight excluding hydrogens is 366 g/mol. The monoisotopic (exact) mass is 409 g/mol. The minimum atomic E-state index is -1.87. The van der Waals surface area contributed by atoms with E-state index >= 15 is 0 Å². The summed E-state index contributed by atoms with van der Waals surface area (Å²) >= 11 is 0. The van der Waals surface area contributed by atoms with Gasteiger partial charge in [-0.1, -0.05) is 68.2 Å². The summed E-state index contributed by atoms with van der Waals surface area (Å²) in [6.45, 7) is 26.2. The lowest BCUT2D eigenvalue weighted by Gasteiger charge is -2.38. The van der Waals surface area contributed by atoms with Crippen LogP contribution in [0.3, 0.4) is 0 Å². The Morgan fingerprint density at radius 1 is 1.00 bits per heavy atom. The van der Waals surface area contributed by atoms with Gasteiger partial charge in [0, 0.05) is 5.41 Å². The predicted octanol–water partition coefficient (Wildman–Crippen LogP) is 6.22. The first-order valence-electron chi connectivity index (χ1n) is 10.7. The van der Waals surface area contributed by atoms with E-state index < -0.39 is 13.7 Å². The Kier molecular flexibility index (Phi) is 7.86. The molecule has 1 aliphatic rings. The summed E-state index contributed by atoms with van der Waals surface area (Å²) in [6, 6.07) is -0.262. The molecule has 0 spiro atoms. The van der Waals surface area contributed by atoms with E-state index in [2.05, 4.69) is 73.8 Å². The third-order valence-corrected chi connectivity index (χ3v) is 12.0. The average molecular weight is 410 g/mol. The van der Waals surface area contributed by atoms with Crippen LogP contribution in [-0.4, -0.2) is 43.5 Å². The second-order valence-electron chi connectivity index (χ2n) is 11.1. The van der Waals surface area contributed by atoms with Crippen molar-refractivity contribution in [1.82, 2.24) is 4.90 Å². The van der Waals surface area contributed by atoms with Crippen LogP contribution in [0, 0.1) is 16.9 Å². The third-order valence-electron chi connectivity index (χ3n) is 5.67. The van der Waals surface area contributed by atoms with Crippen molar-refractivity contribution in [3.63, 3.8) is 0 Å². The van der Waals surface area contributed by atoms with Crippen LogP contribution in [0.4, 0.5) is 4.79 Å². The molecule has 1 fully saturated rings. The molecule has 1 aliphatic heterocycles. The van der Waals surface area contributed by atoms with E-state index in [0.717, 1.165) is 0 Å². The van der Waals surface area contributed by atoms with E-state index in [4.69, 9.17) is 9.47 Å². The molecule has 162 valence electrons. The first-order chi connectivity index (χ1) is 12.5. The highest BCUT2D eigenvalue weighted by molar-refractivity contribution is 6.90. The van der Waals surface area contributed by atoms with Gasteiger partial charge in [-0.3, -0.25) is 4.90 Å². The Bertz CT molecular complexity index is 580. The number of hydrogen-bond acceptors (Lipinski definition) is 3. The zero-order valence-corrected chi connectivity index (χ0v) is 21.3. The molecule has 0 radical (unpaired) electrons. The van der Waals surface area contributed by atoms with Gasteiger partial charge >= 0.3 is 6.09 Å². The van der Waals surface area contributed by atoms with Crippen molar-refractivity contribution in [2.24, 2.45) is 5.41 Å². The number of rotatable bonds is 3. The summed E-state index contributed by atoms with van der Waals surface area (Å²) in [4.78, 5) is 14.8. The molecule has 0 bridgehead atoms. The van der Waals surface area contributed by atoms with Crippen molar-refractivity contribution in [1.29, 1.82) is 0 Å². The Hall–Kier alpha value is -0.993. The summed E-state index contributed by atoms with van der Waals surface area (Å²) in [6.07, 6.45) is -0.676. The molecule has 1 saturated heterocycles. The molecule has 0 N–H and O–H groups in total. The summed E-state index contributed by atoms with van der Waals surface area (Å²) in [7, 11) is -1.87. The number of amides is 1. The van der Waals surface area contributed by atoms with E-state index in [-0.39, 0.29) is 23.8 Å². The van der Waals surface area contributed by atoms with Crippen molar-refractivity contribution >= 4 is 14.2 Å². The lowest BCUT2D eigenvalue weighted by atomic mass is 9.93. The zero-order chi connectivity index (χ0) is 22.1. The molecular formula is C23H43NO3Si. The van der Waals surface area contributed by atoms with Crippen LogP contribution < -0.4 is 0 Å². The molecule has 5 heteroatoms. The Labute approximate surface area is 174 Å². The van der Waals surface area contributed by atoms with Gasteiger partial charge in [0.2, 0.25) is 0 Å². The topological polar surface area (TPSA) is 38.8 Å². The molecule has 1 amide bonds. The van der Waals surface area contributed by atoms with Crippen molar-refractivity contribution < 1.29 is 14.3 Å². The van der Waals surface area contributed by atoms with Crippen LogP contribution in [-0.2, 0) is 9.47 Å². The molecule has 0 aromatic heterocycles. The number of ether oxygens (including phenoxy) is 2. The fraction of sp³-hybridized carbons (Fsp3) is 0.870. The molecule has 0 aliphatic carbocycles. The average Bonchev–Trinajstić information content (AvgIpc) is 2.89. The minimum absolute atomic E-state index is 0.212. The summed E-state index contributed by atoms with van der Waals surface area (Å²) in [5.74, 6) is 3.50. The van der Waals surface area contributed by atoms with Crippen LogP contribution in [0.2, 0.25) is 16.6 Å². The number of hydrogen-bond donors (Lipinski definition) is 0. The Morgan fingerprint density at radius 2 is 1.46 bits per heavy atom. The van der Waals surface area contributed by atoms with E-state index in [1.807, 2.05) is 20.8 Å². The fourth-order valence-corrected chi connectivity index (χ4v) is 9.75. The molecule has 0 unspecified atom stereocenters. The fourth-order valence-electron chi connectivity index (χ4n) is 4.46. The first kappa shape index (κ1) is 25.0. The molecule has 28 heavy (non-hydrogen) atoms. The Morgan fingerprint density at radius 3 is 1.82 bits per heavy atom. The highest BCUT2D eigenvalue weighted by Crippen LogP contribution is 2.41. The highest BCUT2D eigenvalue weighted by atomic mass is 28.3.